The van der Waals surface area contributed by atoms with E-state index in [9.17, 15) is 4.79 Å². The Bertz CT molecular complexity index is 1020. The second-order valence-electron chi connectivity index (χ2n) is 8.01. The number of benzene rings is 3. The lowest BCUT2D eigenvalue weighted by atomic mass is 9.80. The zero-order valence-corrected chi connectivity index (χ0v) is 18.4. The van der Waals surface area contributed by atoms with E-state index < -0.39 is 0 Å². The van der Waals surface area contributed by atoms with Gasteiger partial charge in [-0.3, -0.25) is 4.79 Å². The van der Waals surface area contributed by atoms with Gasteiger partial charge in [-0.2, -0.15) is 0 Å². The molecule has 0 fully saturated rings. The Morgan fingerprint density at radius 2 is 1.61 bits per heavy atom. The SMILES string of the molecule is CCOc1ccc(C(=O)N2c3ccccc3C(Nc3ccccc3)[C@H](C)C2CC)cc1. The number of hydrogen-bond acceptors (Lipinski definition) is 3. The van der Waals surface area contributed by atoms with Gasteiger partial charge in [0.05, 0.1) is 12.6 Å². The first-order chi connectivity index (χ1) is 15.1. The molecular weight excluding hydrogens is 384 g/mol. The van der Waals surface area contributed by atoms with Crippen LogP contribution in [0.1, 0.15) is 49.2 Å². The summed E-state index contributed by atoms with van der Waals surface area (Å²) in [5.74, 6) is 1.06. The van der Waals surface area contributed by atoms with Crippen LogP contribution in [0.15, 0.2) is 78.9 Å². The number of ether oxygens (including phenoxy) is 1. The van der Waals surface area contributed by atoms with Crippen molar-refractivity contribution in [3.05, 3.63) is 90.0 Å². The largest absolute Gasteiger partial charge is 0.494 e. The van der Waals surface area contributed by atoms with E-state index in [1.54, 1.807) is 0 Å². The van der Waals surface area contributed by atoms with E-state index in [1.165, 1.54) is 0 Å². The van der Waals surface area contributed by atoms with E-state index in [2.05, 4.69) is 49.5 Å². The molecule has 160 valence electrons. The lowest BCUT2D eigenvalue weighted by Crippen LogP contribution is -2.50. The smallest absolute Gasteiger partial charge is 0.258 e. The molecule has 0 bridgehead atoms. The molecule has 0 radical (unpaired) electrons. The highest BCUT2D eigenvalue weighted by atomic mass is 16.5. The second-order valence-corrected chi connectivity index (χ2v) is 8.01. The average Bonchev–Trinajstić information content (AvgIpc) is 2.81. The Morgan fingerprint density at radius 3 is 2.29 bits per heavy atom. The summed E-state index contributed by atoms with van der Waals surface area (Å²) < 4.78 is 5.54. The second kappa shape index (κ2) is 9.25. The molecule has 1 N–H and O–H groups in total. The highest BCUT2D eigenvalue weighted by Crippen LogP contribution is 2.44. The minimum absolute atomic E-state index is 0.0346. The lowest BCUT2D eigenvalue weighted by molar-refractivity contribution is 0.0960. The molecule has 1 heterocycles. The van der Waals surface area contributed by atoms with Crippen molar-refractivity contribution in [3.8, 4) is 5.75 Å². The van der Waals surface area contributed by atoms with Crippen molar-refractivity contribution in [3.63, 3.8) is 0 Å². The van der Waals surface area contributed by atoms with E-state index in [4.69, 9.17) is 4.74 Å². The third kappa shape index (κ3) is 4.15. The van der Waals surface area contributed by atoms with Crippen LogP contribution in [0, 0.1) is 5.92 Å². The summed E-state index contributed by atoms with van der Waals surface area (Å²) in [4.78, 5) is 15.7. The van der Waals surface area contributed by atoms with Gasteiger partial charge in [0, 0.05) is 28.9 Å². The minimum atomic E-state index is 0.0346. The van der Waals surface area contributed by atoms with Crippen molar-refractivity contribution in [1.29, 1.82) is 0 Å². The van der Waals surface area contributed by atoms with E-state index >= 15 is 0 Å². The molecule has 0 saturated heterocycles. The fourth-order valence-electron chi connectivity index (χ4n) is 4.63. The molecule has 3 aromatic carbocycles. The summed E-state index contributed by atoms with van der Waals surface area (Å²) in [5, 5.41) is 3.72. The quantitative estimate of drug-likeness (QED) is 0.514. The average molecular weight is 415 g/mol. The maximum Gasteiger partial charge on any atom is 0.258 e. The molecule has 2 unspecified atom stereocenters. The summed E-state index contributed by atoms with van der Waals surface area (Å²) in [5.41, 5.74) is 3.91. The maximum atomic E-state index is 13.7. The molecule has 3 aromatic rings. The number of hydrogen-bond donors (Lipinski definition) is 1. The topological polar surface area (TPSA) is 41.6 Å². The van der Waals surface area contributed by atoms with Crippen molar-refractivity contribution in [1.82, 2.24) is 0 Å². The van der Waals surface area contributed by atoms with Gasteiger partial charge in [0.1, 0.15) is 5.75 Å². The van der Waals surface area contributed by atoms with Crippen molar-refractivity contribution < 1.29 is 9.53 Å². The Labute approximate surface area is 184 Å². The fourth-order valence-corrected chi connectivity index (χ4v) is 4.63. The van der Waals surface area contributed by atoms with Crippen molar-refractivity contribution in [2.75, 3.05) is 16.8 Å². The van der Waals surface area contributed by atoms with Crippen LogP contribution in [0.2, 0.25) is 0 Å². The number of amides is 1. The first-order valence-electron chi connectivity index (χ1n) is 11.1. The van der Waals surface area contributed by atoms with Gasteiger partial charge < -0.3 is 15.0 Å². The number of anilines is 2. The van der Waals surface area contributed by atoms with Crippen LogP contribution < -0.4 is 15.0 Å². The highest BCUT2D eigenvalue weighted by Gasteiger charge is 2.40. The number of carbonyl (C=O) groups is 1. The number of fused-ring (bicyclic) bond motifs is 1. The third-order valence-corrected chi connectivity index (χ3v) is 6.14. The molecule has 0 spiro atoms. The summed E-state index contributed by atoms with van der Waals surface area (Å²) in [6, 6.07) is 26.3. The van der Waals surface area contributed by atoms with Crippen molar-refractivity contribution in [2.45, 2.75) is 39.3 Å². The van der Waals surface area contributed by atoms with Crippen LogP contribution in [0.25, 0.3) is 0 Å². The Hall–Kier alpha value is -3.27. The van der Waals surface area contributed by atoms with Gasteiger partial charge >= 0.3 is 0 Å². The van der Waals surface area contributed by atoms with E-state index in [0.29, 0.717) is 12.2 Å². The van der Waals surface area contributed by atoms with Crippen LogP contribution in [-0.4, -0.2) is 18.6 Å². The predicted molar refractivity (Wildman–Crippen MR) is 127 cm³/mol. The van der Waals surface area contributed by atoms with Crippen molar-refractivity contribution >= 4 is 17.3 Å². The molecule has 0 aliphatic carbocycles. The molecule has 3 atom stereocenters. The molecular formula is C27H30N2O2. The molecule has 31 heavy (non-hydrogen) atoms. The molecule has 4 nitrogen and oxygen atoms in total. The number of para-hydroxylation sites is 2. The number of rotatable bonds is 6. The minimum Gasteiger partial charge on any atom is -0.494 e. The monoisotopic (exact) mass is 414 g/mol. The van der Waals surface area contributed by atoms with Gasteiger partial charge in [-0.05, 0) is 61.4 Å². The molecule has 4 rings (SSSR count). The summed E-state index contributed by atoms with van der Waals surface area (Å²) >= 11 is 0. The summed E-state index contributed by atoms with van der Waals surface area (Å²) in [7, 11) is 0. The zero-order chi connectivity index (χ0) is 21.8. The first kappa shape index (κ1) is 21.0. The van der Waals surface area contributed by atoms with Crippen LogP contribution in [0.3, 0.4) is 0 Å². The summed E-state index contributed by atoms with van der Waals surface area (Å²) in [6.45, 7) is 6.96. The van der Waals surface area contributed by atoms with Crippen LogP contribution >= 0.6 is 0 Å². The molecule has 1 aliphatic heterocycles. The normalized spacial score (nSPS) is 20.1. The predicted octanol–water partition coefficient (Wildman–Crippen LogP) is 6.31. The van der Waals surface area contributed by atoms with Crippen LogP contribution in [0.4, 0.5) is 11.4 Å². The Morgan fingerprint density at radius 1 is 0.935 bits per heavy atom. The number of nitrogens with one attached hydrogen (secondary N) is 1. The third-order valence-electron chi connectivity index (χ3n) is 6.14. The number of nitrogens with zero attached hydrogens (tertiary/aromatic N) is 1. The lowest BCUT2D eigenvalue weighted by Gasteiger charge is -2.45. The van der Waals surface area contributed by atoms with Gasteiger partial charge in [-0.1, -0.05) is 50.2 Å². The molecule has 0 saturated carbocycles. The standard InChI is InChI=1S/C27H30N2O2/c1-4-24-19(3)26(28-21-11-7-6-8-12-21)23-13-9-10-14-25(23)29(24)27(30)20-15-17-22(18-16-20)31-5-2/h6-19,24,26,28H,4-5H2,1-3H3/t19-,24?,26?/m1/s1. The first-order valence-corrected chi connectivity index (χ1v) is 11.1. The van der Waals surface area contributed by atoms with E-state index in [1.807, 2.05) is 60.4 Å². The Balaban J connectivity index is 1.71. The zero-order valence-electron chi connectivity index (χ0n) is 18.4. The number of carbonyl (C=O) groups excluding carboxylic acids is 1. The molecule has 1 aliphatic rings. The Kier molecular flexibility index (Phi) is 6.26. The highest BCUT2D eigenvalue weighted by molar-refractivity contribution is 6.07. The van der Waals surface area contributed by atoms with E-state index in [0.717, 1.165) is 29.1 Å². The van der Waals surface area contributed by atoms with Gasteiger partial charge in [0.25, 0.3) is 5.91 Å². The van der Waals surface area contributed by atoms with E-state index in [-0.39, 0.29) is 23.9 Å². The van der Waals surface area contributed by atoms with Gasteiger partial charge in [0.2, 0.25) is 0 Å². The fraction of sp³-hybridized carbons (Fsp3) is 0.296. The van der Waals surface area contributed by atoms with Crippen LogP contribution in [-0.2, 0) is 0 Å². The maximum absolute atomic E-state index is 13.7. The van der Waals surface area contributed by atoms with Gasteiger partial charge in [-0.25, -0.2) is 0 Å². The van der Waals surface area contributed by atoms with Crippen LogP contribution in [0.5, 0.6) is 5.75 Å². The van der Waals surface area contributed by atoms with Crippen molar-refractivity contribution in [2.24, 2.45) is 5.92 Å². The molecule has 4 heteroatoms. The van der Waals surface area contributed by atoms with Gasteiger partial charge in [0.15, 0.2) is 0 Å². The summed E-state index contributed by atoms with van der Waals surface area (Å²) in [6.07, 6.45) is 0.880. The molecule has 0 aromatic heterocycles. The molecule has 1 amide bonds. The van der Waals surface area contributed by atoms with Gasteiger partial charge in [-0.15, -0.1) is 0 Å².